The van der Waals surface area contributed by atoms with E-state index in [1.165, 1.54) is 0 Å². The zero-order chi connectivity index (χ0) is 16.6. The van der Waals surface area contributed by atoms with Gasteiger partial charge in [0.2, 0.25) is 11.8 Å². The van der Waals surface area contributed by atoms with E-state index in [4.69, 9.17) is 0 Å². The van der Waals surface area contributed by atoms with Crippen LogP contribution in [0.2, 0.25) is 0 Å². The molecule has 2 aliphatic rings. The summed E-state index contributed by atoms with van der Waals surface area (Å²) in [5.74, 6) is 0.907. The fourth-order valence-electron chi connectivity index (χ4n) is 3.39. The van der Waals surface area contributed by atoms with E-state index in [-0.39, 0.29) is 18.4 Å². The fourth-order valence-corrected chi connectivity index (χ4v) is 4.32. The summed E-state index contributed by atoms with van der Waals surface area (Å²) in [7, 11) is 4.10. The van der Waals surface area contributed by atoms with Gasteiger partial charge in [0.25, 0.3) is 0 Å². The van der Waals surface area contributed by atoms with Crippen molar-refractivity contribution in [3.63, 3.8) is 0 Å². The van der Waals surface area contributed by atoms with Gasteiger partial charge in [-0.05, 0) is 32.1 Å². The van der Waals surface area contributed by atoms with Crippen molar-refractivity contribution in [2.45, 2.75) is 17.9 Å². The van der Waals surface area contributed by atoms with E-state index in [1.807, 2.05) is 29.2 Å². The predicted molar refractivity (Wildman–Crippen MR) is 92.7 cm³/mol. The Balaban J connectivity index is 1.72. The molecular weight excluding hydrogens is 310 g/mol. The molecule has 0 bridgehead atoms. The van der Waals surface area contributed by atoms with Crippen LogP contribution < -0.4 is 4.90 Å². The Bertz CT molecular complexity index is 620. The lowest BCUT2D eigenvalue weighted by Gasteiger charge is -2.30. The van der Waals surface area contributed by atoms with Gasteiger partial charge in [0.05, 0.1) is 11.4 Å². The van der Waals surface area contributed by atoms with E-state index in [1.54, 1.807) is 16.7 Å². The number of rotatable bonds is 3. The summed E-state index contributed by atoms with van der Waals surface area (Å²) < 4.78 is 0. The van der Waals surface area contributed by atoms with Crippen LogP contribution >= 0.6 is 11.8 Å². The van der Waals surface area contributed by atoms with Crippen molar-refractivity contribution >= 4 is 29.3 Å². The number of benzene rings is 1. The first-order valence-corrected chi connectivity index (χ1v) is 8.92. The van der Waals surface area contributed by atoms with Gasteiger partial charge in [-0.25, -0.2) is 0 Å². The maximum Gasteiger partial charge on any atom is 0.242 e. The highest BCUT2D eigenvalue weighted by Gasteiger charge is 2.35. The minimum atomic E-state index is 0.0125. The molecule has 0 radical (unpaired) electrons. The molecule has 0 aromatic heterocycles. The van der Waals surface area contributed by atoms with Crippen molar-refractivity contribution in [3.05, 3.63) is 24.3 Å². The highest BCUT2D eigenvalue weighted by Crippen LogP contribution is 2.35. The normalized spacial score (nSPS) is 24.3. The van der Waals surface area contributed by atoms with Crippen molar-refractivity contribution in [3.8, 4) is 0 Å². The molecule has 1 saturated heterocycles. The summed E-state index contributed by atoms with van der Waals surface area (Å²) in [5.41, 5.74) is 0.860. The first kappa shape index (κ1) is 16.3. The quantitative estimate of drug-likeness (QED) is 0.841. The molecule has 3 rings (SSSR count). The van der Waals surface area contributed by atoms with Gasteiger partial charge >= 0.3 is 0 Å². The highest BCUT2D eigenvalue weighted by molar-refractivity contribution is 8.00. The van der Waals surface area contributed by atoms with Crippen molar-refractivity contribution in [1.29, 1.82) is 0 Å². The van der Waals surface area contributed by atoms with Gasteiger partial charge < -0.3 is 14.7 Å². The van der Waals surface area contributed by atoms with Crippen molar-refractivity contribution < 1.29 is 9.59 Å². The molecule has 0 N–H and O–H groups in total. The molecule has 6 heteroatoms. The largest absolute Gasteiger partial charge is 0.339 e. The van der Waals surface area contributed by atoms with E-state index < -0.39 is 0 Å². The third-order valence-corrected chi connectivity index (χ3v) is 5.74. The summed E-state index contributed by atoms with van der Waals surface area (Å²) in [4.78, 5) is 31.7. The molecule has 1 aromatic carbocycles. The lowest BCUT2D eigenvalue weighted by molar-refractivity contribution is -0.130. The number of nitrogens with zero attached hydrogens (tertiary/aromatic N) is 3. The van der Waals surface area contributed by atoms with Crippen LogP contribution in [-0.2, 0) is 9.59 Å². The summed E-state index contributed by atoms with van der Waals surface area (Å²) >= 11 is 1.54. The summed E-state index contributed by atoms with van der Waals surface area (Å²) in [5, 5.41) is 0. The third kappa shape index (κ3) is 3.23. The van der Waals surface area contributed by atoms with Crippen molar-refractivity contribution in [2.75, 3.05) is 44.4 Å². The second kappa shape index (κ2) is 6.53. The molecule has 1 aromatic rings. The van der Waals surface area contributed by atoms with Gasteiger partial charge in [-0.3, -0.25) is 9.59 Å². The molecule has 2 atom stereocenters. The van der Waals surface area contributed by atoms with Gasteiger partial charge in [0, 0.05) is 24.0 Å². The second-order valence-electron chi connectivity index (χ2n) is 6.54. The molecule has 0 spiro atoms. The molecule has 1 fully saturated rings. The number of likely N-dealkylation sites (N-methyl/N-ethyl adjacent to an activating group) is 1. The molecular formula is C17H23N3O2S. The Morgan fingerprint density at radius 3 is 2.74 bits per heavy atom. The van der Waals surface area contributed by atoms with E-state index in [2.05, 4.69) is 25.9 Å². The Labute approximate surface area is 141 Å². The van der Waals surface area contributed by atoms with E-state index in [9.17, 15) is 9.59 Å². The maximum absolute atomic E-state index is 12.7. The Morgan fingerprint density at radius 2 is 2.04 bits per heavy atom. The molecule has 124 valence electrons. The van der Waals surface area contributed by atoms with Gasteiger partial charge in [0.15, 0.2) is 0 Å². The minimum absolute atomic E-state index is 0.0125. The number of amides is 2. The van der Waals surface area contributed by atoms with Gasteiger partial charge in [-0.2, -0.15) is 0 Å². The van der Waals surface area contributed by atoms with Gasteiger partial charge in [0.1, 0.15) is 6.54 Å². The average Bonchev–Trinajstić information content (AvgIpc) is 2.92. The van der Waals surface area contributed by atoms with Crippen LogP contribution in [0, 0.1) is 5.92 Å². The topological polar surface area (TPSA) is 43.9 Å². The van der Waals surface area contributed by atoms with Crippen LogP contribution in [0.15, 0.2) is 29.2 Å². The Hall–Kier alpha value is -1.53. The Morgan fingerprint density at radius 1 is 1.30 bits per heavy atom. The number of hydrogen-bond donors (Lipinski definition) is 0. The smallest absolute Gasteiger partial charge is 0.242 e. The number of carbonyl (C=O) groups is 2. The van der Waals surface area contributed by atoms with Crippen LogP contribution in [0.25, 0.3) is 0 Å². The highest BCUT2D eigenvalue weighted by atomic mass is 32.2. The molecule has 0 saturated carbocycles. The second-order valence-corrected chi connectivity index (χ2v) is 7.56. The van der Waals surface area contributed by atoms with Crippen LogP contribution in [0.1, 0.15) is 6.92 Å². The van der Waals surface area contributed by atoms with Crippen LogP contribution in [0.3, 0.4) is 0 Å². The third-order valence-electron chi connectivity index (χ3n) is 4.69. The standard InChI is InChI=1S/C17H23N3O2S/c1-12-8-19(9-14(12)18(2)3)16(21)10-20-13-6-4-5-7-15(13)23-11-17(20)22/h4-7,12,14H,8-11H2,1-3H3/t12-,14+/m1/s1. The number of fused-ring (bicyclic) bond motifs is 1. The number of para-hydroxylation sites is 1. The van der Waals surface area contributed by atoms with Crippen molar-refractivity contribution in [1.82, 2.24) is 9.80 Å². The van der Waals surface area contributed by atoms with Crippen molar-refractivity contribution in [2.24, 2.45) is 5.92 Å². The predicted octanol–water partition coefficient (Wildman–Crippen LogP) is 1.53. The van der Waals surface area contributed by atoms with E-state index in [0.29, 0.717) is 17.7 Å². The Kier molecular flexibility index (Phi) is 4.64. The molecule has 2 amide bonds. The number of likely N-dealkylation sites (tertiary alicyclic amines) is 1. The maximum atomic E-state index is 12.7. The SMILES string of the molecule is C[C@@H]1CN(C(=O)CN2C(=O)CSc3ccccc32)C[C@@H]1N(C)C. The zero-order valence-electron chi connectivity index (χ0n) is 13.9. The molecule has 0 unspecified atom stereocenters. The number of hydrogen-bond acceptors (Lipinski definition) is 4. The molecule has 2 heterocycles. The lowest BCUT2D eigenvalue weighted by atomic mass is 10.1. The van der Waals surface area contributed by atoms with Gasteiger partial charge in [-0.1, -0.05) is 19.1 Å². The van der Waals surface area contributed by atoms with E-state index >= 15 is 0 Å². The lowest BCUT2D eigenvalue weighted by Crippen LogP contribution is -2.45. The molecule has 23 heavy (non-hydrogen) atoms. The first-order valence-electron chi connectivity index (χ1n) is 7.93. The fraction of sp³-hybridized carbons (Fsp3) is 0.529. The van der Waals surface area contributed by atoms with Crippen LogP contribution in [0.4, 0.5) is 5.69 Å². The minimum Gasteiger partial charge on any atom is -0.339 e. The summed E-state index contributed by atoms with van der Waals surface area (Å²) in [6.45, 7) is 3.82. The summed E-state index contributed by atoms with van der Waals surface area (Å²) in [6.07, 6.45) is 0. The average molecular weight is 333 g/mol. The van der Waals surface area contributed by atoms with Crippen LogP contribution in [0.5, 0.6) is 0 Å². The molecule has 0 aliphatic carbocycles. The van der Waals surface area contributed by atoms with Crippen LogP contribution in [-0.4, -0.2) is 67.1 Å². The van der Waals surface area contributed by atoms with E-state index in [0.717, 1.165) is 23.7 Å². The monoisotopic (exact) mass is 333 g/mol. The number of carbonyl (C=O) groups excluding carboxylic acids is 2. The number of anilines is 1. The van der Waals surface area contributed by atoms with Gasteiger partial charge in [-0.15, -0.1) is 11.8 Å². The first-order chi connectivity index (χ1) is 11.0. The number of thioether (sulfide) groups is 1. The molecule has 5 nitrogen and oxygen atoms in total. The summed E-state index contributed by atoms with van der Waals surface area (Å²) in [6, 6.07) is 8.19. The molecule has 2 aliphatic heterocycles. The zero-order valence-corrected chi connectivity index (χ0v) is 14.7.